The van der Waals surface area contributed by atoms with Gasteiger partial charge in [0.05, 0.1) is 24.2 Å². The van der Waals surface area contributed by atoms with Crippen LogP contribution in [-0.2, 0) is 11.3 Å². The molecule has 4 rings (SSSR count). The summed E-state index contributed by atoms with van der Waals surface area (Å²) in [5.74, 6) is -0.110. The molecule has 3 aromatic rings. The second-order valence-electron chi connectivity index (χ2n) is 7.91. The molecule has 1 aliphatic rings. The van der Waals surface area contributed by atoms with Crippen LogP contribution in [-0.4, -0.2) is 36.1 Å². The van der Waals surface area contributed by atoms with Gasteiger partial charge in [-0.1, -0.05) is 43.2 Å². The Hall–Kier alpha value is -3.66. The highest BCUT2D eigenvalue weighted by molar-refractivity contribution is 5.88. The number of ether oxygens (including phenoxy) is 1. The number of carbonyl (C=O) groups excluding carboxylic acids is 1. The molecule has 1 fully saturated rings. The summed E-state index contributed by atoms with van der Waals surface area (Å²) in [6.07, 6.45) is 4.47. The fourth-order valence-electron chi connectivity index (χ4n) is 4.09. The Balaban J connectivity index is 1.66. The number of para-hydroxylation sites is 3. The van der Waals surface area contributed by atoms with Gasteiger partial charge in [0.15, 0.2) is 11.7 Å². The van der Waals surface area contributed by atoms with Gasteiger partial charge in [0, 0.05) is 25.2 Å². The third kappa shape index (κ3) is 4.65. The summed E-state index contributed by atoms with van der Waals surface area (Å²) in [6, 6.07) is 17.2. The lowest BCUT2D eigenvalue weighted by molar-refractivity contribution is -0.121. The molecule has 164 valence electrons. The molecule has 2 heterocycles. The molecule has 2 aromatic carbocycles. The predicted molar refractivity (Wildman–Crippen MR) is 123 cm³/mol. The Kier molecular flexibility index (Phi) is 6.81. The lowest BCUT2D eigenvalue weighted by Gasteiger charge is -2.25. The Morgan fingerprint density at radius 2 is 1.72 bits per heavy atom. The van der Waals surface area contributed by atoms with Crippen molar-refractivity contribution in [3.05, 3.63) is 59.8 Å². The van der Waals surface area contributed by atoms with E-state index >= 15 is 0 Å². The van der Waals surface area contributed by atoms with Gasteiger partial charge in [-0.05, 0) is 31.0 Å². The summed E-state index contributed by atoms with van der Waals surface area (Å²) in [6.45, 7) is 1.96. The second-order valence-corrected chi connectivity index (χ2v) is 7.91. The average molecular weight is 430 g/mol. The minimum Gasteiger partial charge on any atom is -0.496 e. The van der Waals surface area contributed by atoms with Crippen molar-refractivity contribution in [3.63, 3.8) is 0 Å². The van der Waals surface area contributed by atoms with E-state index in [0.717, 1.165) is 37.0 Å². The molecule has 1 aromatic heterocycles. The van der Waals surface area contributed by atoms with Crippen molar-refractivity contribution in [1.82, 2.24) is 15.3 Å². The third-order valence-electron chi connectivity index (χ3n) is 5.79. The first-order valence-corrected chi connectivity index (χ1v) is 11.0. The van der Waals surface area contributed by atoms with Crippen LogP contribution in [0.2, 0.25) is 0 Å². The lowest BCUT2D eigenvalue weighted by atomic mass is 10.0. The smallest absolute Gasteiger partial charge is 0.243 e. The van der Waals surface area contributed by atoms with E-state index in [1.165, 1.54) is 12.8 Å². The summed E-state index contributed by atoms with van der Waals surface area (Å²) >= 11 is 0. The number of amides is 1. The van der Waals surface area contributed by atoms with Crippen LogP contribution in [0.3, 0.4) is 0 Å². The highest BCUT2D eigenvalue weighted by Gasteiger charge is 2.29. The van der Waals surface area contributed by atoms with Crippen molar-refractivity contribution in [2.24, 2.45) is 0 Å². The molecule has 1 unspecified atom stereocenters. The van der Waals surface area contributed by atoms with E-state index in [9.17, 15) is 10.1 Å². The van der Waals surface area contributed by atoms with Crippen molar-refractivity contribution in [2.75, 3.05) is 25.1 Å². The molecule has 7 nitrogen and oxygen atoms in total. The molecule has 0 saturated carbocycles. The van der Waals surface area contributed by atoms with E-state index < -0.39 is 5.92 Å². The zero-order valence-corrected chi connectivity index (χ0v) is 18.3. The minimum atomic E-state index is -1.06. The van der Waals surface area contributed by atoms with Crippen LogP contribution in [0.4, 0.5) is 5.82 Å². The Bertz CT molecular complexity index is 1130. The molecule has 0 radical (unpaired) electrons. The summed E-state index contributed by atoms with van der Waals surface area (Å²) in [4.78, 5) is 24.9. The summed E-state index contributed by atoms with van der Waals surface area (Å²) in [7, 11) is 1.59. The maximum atomic E-state index is 13.1. The number of nitrogens with zero attached hydrogens (tertiary/aromatic N) is 4. The molecule has 0 bridgehead atoms. The van der Waals surface area contributed by atoms with Crippen LogP contribution in [0, 0.1) is 11.3 Å². The summed E-state index contributed by atoms with van der Waals surface area (Å²) in [5, 5.41) is 12.9. The summed E-state index contributed by atoms with van der Waals surface area (Å²) < 4.78 is 5.36. The minimum absolute atomic E-state index is 0.265. The Morgan fingerprint density at radius 1 is 1.06 bits per heavy atom. The van der Waals surface area contributed by atoms with Gasteiger partial charge in [-0.3, -0.25) is 4.79 Å². The number of carbonyl (C=O) groups is 1. The highest BCUT2D eigenvalue weighted by atomic mass is 16.5. The van der Waals surface area contributed by atoms with Gasteiger partial charge < -0.3 is 15.0 Å². The Morgan fingerprint density at radius 3 is 2.41 bits per heavy atom. The van der Waals surface area contributed by atoms with E-state index in [4.69, 9.17) is 14.7 Å². The molecule has 1 atom stereocenters. The molecule has 1 N–H and O–H groups in total. The number of nitrogens with one attached hydrogen (secondary N) is 1. The molecule has 1 saturated heterocycles. The average Bonchev–Trinajstić information content (AvgIpc) is 3.12. The number of anilines is 1. The molecular formula is C25H27N5O2. The standard InChI is InChI=1S/C25H27N5O2/c1-32-22-13-7-4-10-18(22)17-27-25(31)19(16-26)23-24(30-14-8-2-3-9-15-30)29-21-12-6-5-11-20(21)28-23/h4-7,10-13,19H,2-3,8-9,14-15,17H2,1H3,(H,27,31). The number of nitriles is 1. The SMILES string of the molecule is COc1ccccc1CNC(=O)C(C#N)c1nc2ccccc2nc1N1CCCCCC1. The number of aromatic nitrogens is 2. The third-order valence-corrected chi connectivity index (χ3v) is 5.79. The van der Waals surface area contributed by atoms with Crippen LogP contribution in [0.5, 0.6) is 5.75 Å². The van der Waals surface area contributed by atoms with Gasteiger partial charge in [-0.2, -0.15) is 5.26 Å². The molecule has 7 heteroatoms. The van der Waals surface area contributed by atoms with E-state index in [0.29, 0.717) is 22.8 Å². The maximum Gasteiger partial charge on any atom is 0.243 e. The molecular weight excluding hydrogens is 402 g/mol. The van der Waals surface area contributed by atoms with Crippen molar-refractivity contribution in [1.29, 1.82) is 5.26 Å². The molecule has 1 amide bonds. The number of hydrogen-bond donors (Lipinski definition) is 1. The van der Waals surface area contributed by atoms with Gasteiger partial charge in [0.1, 0.15) is 11.4 Å². The number of rotatable bonds is 6. The number of hydrogen-bond acceptors (Lipinski definition) is 6. The first kappa shape index (κ1) is 21.6. The van der Waals surface area contributed by atoms with Crippen molar-refractivity contribution >= 4 is 22.8 Å². The van der Waals surface area contributed by atoms with Crippen LogP contribution in [0.25, 0.3) is 11.0 Å². The van der Waals surface area contributed by atoms with Crippen molar-refractivity contribution < 1.29 is 9.53 Å². The van der Waals surface area contributed by atoms with Crippen LogP contribution in [0.15, 0.2) is 48.5 Å². The summed E-state index contributed by atoms with van der Waals surface area (Å²) in [5.41, 5.74) is 2.71. The zero-order valence-electron chi connectivity index (χ0n) is 18.3. The van der Waals surface area contributed by atoms with Gasteiger partial charge in [-0.15, -0.1) is 0 Å². The molecule has 32 heavy (non-hydrogen) atoms. The van der Waals surface area contributed by atoms with Crippen LogP contribution in [0.1, 0.15) is 42.9 Å². The normalized spacial score (nSPS) is 14.9. The molecule has 1 aliphatic heterocycles. The van der Waals surface area contributed by atoms with Gasteiger partial charge >= 0.3 is 0 Å². The zero-order chi connectivity index (χ0) is 22.3. The topological polar surface area (TPSA) is 91.1 Å². The first-order valence-electron chi connectivity index (χ1n) is 11.0. The lowest BCUT2D eigenvalue weighted by Crippen LogP contribution is -2.32. The van der Waals surface area contributed by atoms with Crippen LogP contribution >= 0.6 is 0 Å². The molecule has 0 spiro atoms. The Labute approximate surface area is 188 Å². The fourth-order valence-corrected chi connectivity index (χ4v) is 4.09. The van der Waals surface area contributed by atoms with E-state index in [1.54, 1.807) is 7.11 Å². The molecule has 0 aliphatic carbocycles. The maximum absolute atomic E-state index is 13.1. The number of methoxy groups -OCH3 is 1. The number of benzene rings is 2. The first-order chi connectivity index (χ1) is 15.7. The quantitative estimate of drug-likeness (QED) is 0.638. The second kappa shape index (κ2) is 10.1. The predicted octanol–water partition coefficient (Wildman–Crippen LogP) is 3.94. The van der Waals surface area contributed by atoms with E-state index in [1.807, 2.05) is 48.5 Å². The van der Waals surface area contributed by atoms with Gasteiger partial charge in [-0.25, -0.2) is 9.97 Å². The van der Waals surface area contributed by atoms with Gasteiger partial charge in [0.2, 0.25) is 5.91 Å². The largest absolute Gasteiger partial charge is 0.496 e. The monoisotopic (exact) mass is 429 g/mol. The van der Waals surface area contributed by atoms with Gasteiger partial charge in [0.25, 0.3) is 0 Å². The number of fused-ring (bicyclic) bond motifs is 1. The highest BCUT2D eigenvalue weighted by Crippen LogP contribution is 2.29. The van der Waals surface area contributed by atoms with Crippen molar-refractivity contribution in [2.45, 2.75) is 38.1 Å². The van der Waals surface area contributed by atoms with Crippen molar-refractivity contribution in [3.8, 4) is 11.8 Å². The fraction of sp³-hybridized carbons (Fsp3) is 0.360. The van der Waals surface area contributed by atoms with Crippen LogP contribution < -0.4 is 15.0 Å². The van der Waals surface area contributed by atoms with E-state index in [-0.39, 0.29) is 12.5 Å². The van der Waals surface area contributed by atoms with E-state index in [2.05, 4.69) is 16.3 Å².